The lowest BCUT2D eigenvalue weighted by molar-refractivity contribution is -0.248. The number of aryl methyl sites for hydroxylation is 1. The maximum atomic E-state index is 14.6. The summed E-state index contributed by atoms with van der Waals surface area (Å²) in [5.41, 5.74) is 4.75. The monoisotopic (exact) mass is 2120 g/mol. The molecule has 6 heterocycles. The maximum absolute atomic E-state index is 14.6. The second-order valence-corrected chi connectivity index (χ2v) is 42.5. The highest BCUT2D eigenvalue weighted by Gasteiger charge is 2.66. The number of pyridine rings is 1. The van der Waals surface area contributed by atoms with E-state index in [1.54, 1.807) is 87.8 Å². The highest BCUT2D eigenvalue weighted by Crippen LogP contribution is 2.72. The lowest BCUT2D eigenvalue weighted by Crippen LogP contribution is -2.64. The first kappa shape index (κ1) is 115. The molecule has 3 aliphatic heterocycles. The van der Waals surface area contributed by atoms with Gasteiger partial charge in [0.1, 0.15) is 49.1 Å². The van der Waals surface area contributed by atoms with Crippen molar-refractivity contribution in [2.24, 2.45) is 28.1 Å². The van der Waals surface area contributed by atoms with Gasteiger partial charge in [-0.05, 0) is 170 Å². The largest absolute Gasteiger partial charge is 0.491 e. The summed E-state index contributed by atoms with van der Waals surface area (Å²) < 4.78 is 123. The number of fused-ring (bicyclic) bond motifs is 2. The number of amides is 5. The molecule has 7 aromatic rings. The van der Waals surface area contributed by atoms with Gasteiger partial charge in [0.2, 0.25) is 5.91 Å². The molecule has 8 N–H and O–H groups in total. The SMILES string of the molecule is COCCOCCOCCOCCOCCOCCOCCOCCOCCOCCOCCOc1ccc(C[C@@H](C(=O)C[C@H](C(=O)N[C@@H](C)C(=O)Cc2ccc(COC(=O)N(CCOC34CC5(C)CC(C)(CC(Cn6ncc(-c7ccc(N8CCc9cccc(C(=O)Nc%10nc%11ccccc%11s%10)c9C8)nc7C(=O)O)c6C)(C5)C3)C4)CCS(=O)(=O)O)c(CC[C@@H]3OC(C(=O)O)[C@@H](O)[C@H](O)[C@H]3O)c2)C(C)C)N2C(=O)C=CC2=O)cc1. The van der Waals surface area contributed by atoms with Crippen molar-refractivity contribution in [1.82, 2.24) is 34.9 Å². The van der Waals surface area contributed by atoms with E-state index in [1.807, 2.05) is 52.9 Å². The van der Waals surface area contributed by atoms with Crippen molar-refractivity contribution in [3.63, 3.8) is 0 Å². The summed E-state index contributed by atoms with van der Waals surface area (Å²) in [6.45, 7) is 20.5. The van der Waals surface area contributed by atoms with Crippen LogP contribution in [-0.2, 0) is 151 Å². The fourth-order valence-corrected chi connectivity index (χ4v) is 22.9. The molecule has 4 bridgehead atoms. The number of nitrogens with one attached hydrogen (secondary N) is 2. The van der Waals surface area contributed by atoms with E-state index in [4.69, 9.17) is 81.1 Å². The second kappa shape index (κ2) is 55.1. The standard InChI is InChI=1S/C106H141N9O32S2/c1-69(2)80(58-86(117)84(115-90(118)25-26-91(115)119)56-72-16-20-77(21-17-72)144-53-52-143-51-50-142-49-48-141-47-46-140-45-44-139-43-42-138-41-40-137-39-38-136-37-36-135-35-34-134-33-32-133-7)98(124)108-70(3)85(116)57-73-15-18-76(75(55-73)19-23-87-93(120)94(121)95(122)96(147-87)100(127)128)61-145-102(129)112(30-54-149(130,131)132)29-31-146-106-65-103(5)62-104(6,66-106)64-105(63-103,67-106)68-114-71(4)81(59-107-114)78-22-24-89(110-92(78)99(125)126)113-28-27-74-11-10-12-79(82(74)60-113)97(123)111-101-109-83-13-8-9-14-88(83)148-101/h8-18,20-22,24-26,55,59,69-70,80,84,87,93-96,120-122H,19,23,27-54,56-58,60-68H2,1-7H3,(H,108,124)(H,125,126)(H,127,128)(H,109,111,123)(H,130,131,132)/t70-,80-,84-,87-,93-,94+,95-,96?,103?,104?,105?,106?/m0/s1. The zero-order chi connectivity index (χ0) is 106. The molecule has 4 aromatic carbocycles. The van der Waals surface area contributed by atoms with Crippen LogP contribution in [-0.4, -0.2) is 354 Å². The minimum atomic E-state index is -4.66. The molecule has 1 saturated heterocycles. The molecule has 43 heteroatoms. The predicted molar refractivity (Wildman–Crippen MR) is 543 cm³/mol. The summed E-state index contributed by atoms with van der Waals surface area (Å²) in [5, 5.41) is 64.5. The van der Waals surface area contributed by atoms with Crippen LogP contribution >= 0.6 is 11.3 Å². The van der Waals surface area contributed by atoms with Crippen LogP contribution in [0.25, 0.3) is 21.3 Å². The Kier molecular flexibility index (Phi) is 42.7. The number of aliphatic hydroxyl groups is 3. The summed E-state index contributed by atoms with van der Waals surface area (Å²) in [6.07, 6.45) is -2.19. The number of hydrogen-bond acceptors (Lipinski definition) is 34. The highest BCUT2D eigenvalue weighted by atomic mass is 32.2. The van der Waals surface area contributed by atoms with Crippen LogP contribution < -0.4 is 20.3 Å². The number of aromatic nitrogens is 4. The number of benzene rings is 4. The number of aliphatic hydroxyl groups excluding tert-OH is 3. The average Bonchev–Trinajstić information content (AvgIpc) is 1.32. The number of carboxylic acid groups (broad SMARTS) is 2. The molecule has 4 saturated carbocycles. The summed E-state index contributed by atoms with van der Waals surface area (Å²) in [6, 6.07) is 25.8. The number of carbonyl (C=O) groups is 9. The molecule has 5 fully saturated rings. The van der Waals surface area contributed by atoms with Gasteiger partial charge in [0.05, 0.1) is 185 Å². The Hall–Kier alpha value is -10.6. The first-order valence-corrected chi connectivity index (χ1v) is 53.2. The molecule has 7 aliphatic rings. The number of ether oxygens (including phenoxy) is 15. The topological polar surface area (TPSA) is 525 Å². The van der Waals surface area contributed by atoms with Crippen LogP contribution in [0.1, 0.15) is 146 Å². The van der Waals surface area contributed by atoms with Crippen LogP contribution in [0.4, 0.5) is 15.7 Å². The zero-order valence-corrected chi connectivity index (χ0v) is 87.2. The number of carbonyl (C=O) groups excluding carboxylic acids is 7. The van der Waals surface area contributed by atoms with Crippen LogP contribution in [0.3, 0.4) is 0 Å². The van der Waals surface area contributed by atoms with E-state index in [1.165, 1.54) is 18.3 Å². The number of carboxylic acids is 2. The fraction of sp³-hybridized carbons (Fsp3) is 0.585. The summed E-state index contributed by atoms with van der Waals surface area (Å²) in [4.78, 5) is 137. The molecule has 149 heavy (non-hydrogen) atoms. The molecule has 3 unspecified atom stereocenters. The molecule has 0 spiro atoms. The first-order valence-electron chi connectivity index (χ1n) is 50.7. The number of para-hydroxylation sites is 1. The number of anilines is 2. The number of aliphatic carboxylic acids is 1. The van der Waals surface area contributed by atoms with E-state index in [2.05, 4.69) is 29.5 Å². The van der Waals surface area contributed by atoms with Gasteiger partial charge in [-0.3, -0.25) is 48.2 Å². The maximum Gasteiger partial charge on any atom is 0.410 e. The van der Waals surface area contributed by atoms with Crippen molar-refractivity contribution in [3.8, 4) is 16.9 Å². The van der Waals surface area contributed by atoms with Gasteiger partial charge in [0, 0.05) is 99.6 Å². The zero-order valence-electron chi connectivity index (χ0n) is 85.6. The average molecular weight is 2120 g/mol. The Bertz CT molecular complexity index is 5750. The highest BCUT2D eigenvalue weighted by molar-refractivity contribution is 7.85. The van der Waals surface area contributed by atoms with E-state index in [0.717, 1.165) is 68.3 Å². The van der Waals surface area contributed by atoms with Crippen LogP contribution in [0, 0.1) is 35.0 Å². The van der Waals surface area contributed by atoms with Crippen molar-refractivity contribution in [2.75, 3.05) is 195 Å². The van der Waals surface area contributed by atoms with Crippen molar-refractivity contribution < 1.29 is 153 Å². The van der Waals surface area contributed by atoms with Gasteiger partial charge in [-0.1, -0.05) is 93.6 Å². The number of aromatic carboxylic acids is 1. The Morgan fingerprint density at radius 2 is 1.22 bits per heavy atom. The van der Waals surface area contributed by atoms with Gasteiger partial charge in [-0.2, -0.15) is 13.5 Å². The molecule has 41 nitrogen and oxygen atoms in total. The van der Waals surface area contributed by atoms with E-state index >= 15 is 0 Å². The number of imide groups is 1. The number of thiazole rings is 1. The number of hydrogen-bond donors (Lipinski definition) is 8. The van der Waals surface area contributed by atoms with Gasteiger partial charge in [-0.15, -0.1) is 0 Å². The lowest BCUT2D eigenvalue weighted by atomic mass is 9.39. The third kappa shape index (κ3) is 33.0. The molecule has 3 aromatic heterocycles. The molecule has 10 atom stereocenters. The van der Waals surface area contributed by atoms with Gasteiger partial charge in [-0.25, -0.2) is 24.4 Å². The third-order valence-corrected chi connectivity index (χ3v) is 29.5. The fourth-order valence-electron chi connectivity index (χ4n) is 21.6. The molecular weight excluding hydrogens is 1980 g/mol. The minimum Gasteiger partial charge on any atom is -0.491 e. The normalized spacial score (nSPS) is 21.5. The van der Waals surface area contributed by atoms with Crippen LogP contribution in [0.2, 0.25) is 0 Å². The van der Waals surface area contributed by atoms with Gasteiger partial charge < -0.3 is 112 Å². The Labute approximate surface area is 870 Å². The summed E-state index contributed by atoms with van der Waals surface area (Å²) in [5.74, 6) is -7.83. The Morgan fingerprint density at radius 1 is 0.631 bits per heavy atom. The quantitative estimate of drug-likeness (QED) is 0.0101. The number of methoxy groups -OCH3 is 1. The van der Waals surface area contributed by atoms with E-state index in [9.17, 15) is 81.7 Å². The molecule has 4 aliphatic carbocycles. The van der Waals surface area contributed by atoms with Crippen molar-refractivity contribution in [1.29, 1.82) is 0 Å². The van der Waals surface area contributed by atoms with Crippen LogP contribution in [0.5, 0.6) is 5.75 Å². The Balaban J connectivity index is 0.566. The second-order valence-electron chi connectivity index (χ2n) is 39.9. The first-order chi connectivity index (χ1) is 71.5. The molecule has 814 valence electrons. The molecule has 0 radical (unpaired) electrons. The van der Waals surface area contributed by atoms with E-state index < -0.39 is 143 Å². The summed E-state index contributed by atoms with van der Waals surface area (Å²) in [7, 11) is -3.04. The smallest absolute Gasteiger partial charge is 0.410 e. The van der Waals surface area contributed by atoms with Gasteiger partial charge >= 0.3 is 18.0 Å². The van der Waals surface area contributed by atoms with Crippen molar-refractivity contribution >= 4 is 95.8 Å². The molecular formula is C106H141N9O32S2. The lowest BCUT2D eigenvalue weighted by Gasteiger charge is -2.69. The number of nitrogens with zero attached hydrogens (tertiary/aromatic N) is 7. The van der Waals surface area contributed by atoms with Crippen molar-refractivity contribution in [3.05, 3.63) is 166 Å². The van der Waals surface area contributed by atoms with Crippen LogP contribution in [0.15, 0.2) is 115 Å². The van der Waals surface area contributed by atoms with E-state index in [0.29, 0.717) is 233 Å². The Morgan fingerprint density at radius 3 is 1.80 bits per heavy atom. The van der Waals surface area contributed by atoms with Gasteiger partial charge in [0.15, 0.2) is 28.5 Å². The molecule has 14 rings (SSSR count). The number of Topliss-reactive ketones (excluding diaryl/α,β-unsaturated/α-hetero) is 2. The minimum absolute atomic E-state index is 0.0850. The van der Waals surface area contributed by atoms with E-state index in [-0.39, 0.29) is 79.9 Å². The number of ketones is 2. The van der Waals surface area contributed by atoms with Crippen molar-refractivity contribution in [2.45, 2.75) is 186 Å². The summed E-state index contributed by atoms with van der Waals surface area (Å²) >= 11 is 1.38. The third-order valence-electron chi connectivity index (χ3n) is 27.8. The number of rotatable bonds is 66. The molecule has 5 amide bonds. The van der Waals surface area contributed by atoms with Gasteiger partial charge in [0.25, 0.3) is 27.8 Å². The predicted octanol–water partition coefficient (Wildman–Crippen LogP) is 8.48.